The predicted octanol–water partition coefficient (Wildman–Crippen LogP) is 5.28. The normalized spacial score (nSPS) is 11.8. The number of allylic oxidation sites excluding steroid dienone is 5. The number of hydrogen-bond donors (Lipinski definition) is 0. The topological polar surface area (TPSA) is 0 Å². The summed E-state index contributed by atoms with van der Waals surface area (Å²) in [4.78, 5) is 0. The van der Waals surface area contributed by atoms with Crippen LogP contribution >= 0.6 is 0 Å². The SMILES string of the molecule is C=CC(=C\C)/C(C)=C/CC.CCCC. The molecule has 14 heavy (non-hydrogen) atoms. The summed E-state index contributed by atoms with van der Waals surface area (Å²) in [5, 5.41) is 0. The minimum absolute atomic E-state index is 1.09. The summed E-state index contributed by atoms with van der Waals surface area (Å²) in [5.74, 6) is 0. The lowest BCUT2D eigenvalue weighted by atomic mass is 10.1. The molecule has 0 unspecified atom stereocenters. The van der Waals surface area contributed by atoms with Gasteiger partial charge in [0.25, 0.3) is 0 Å². The van der Waals surface area contributed by atoms with Crippen molar-refractivity contribution in [2.45, 2.75) is 53.9 Å². The van der Waals surface area contributed by atoms with Crippen molar-refractivity contribution in [2.24, 2.45) is 0 Å². The predicted molar refractivity (Wildman–Crippen MR) is 68.6 cm³/mol. The van der Waals surface area contributed by atoms with E-state index in [1.807, 2.05) is 13.0 Å². The Kier molecular flexibility index (Phi) is 13.7. The molecule has 0 aliphatic rings. The van der Waals surface area contributed by atoms with Crippen molar-refractivity contribution in [3.05, 3.63) is 36.0 Å². The van der Waals surface area contributed by atoms with Crippen LogP contribution in [-0.4, -0.2) is 0 Å². The molecule has 0 amide bonds. The minimum Gasteiger partial charge on any atom is -0.0985 e. The van der Waals surface area contributed by atoms with E-state index in [9.17, 15) is 0 Å². The standard InChI is InChI=1S/C10H16.C4H10/c1-5-8-9(4)10(6-2)7-3;1-3-4-2/h6-8H,2,5H2,1,3-4H3;3-4H2,1-2H3/b9-8+,10-7+;. The highest BCUT2D eigenvalue weighted by atomic mass is 14.0. The van der Waals surface area contributed by atoms with Crippen molar-refractivity contribution < 1.29 is 0 Å². The van der Waals surface area contributed by atoms with E-state index >= 15 is 0 Å². The monoisotopic (exact) mass is 194 g/mol. The van der Waals surface area contributed by atoms with Crippen molar-refractivity contribution in [2.75, 3.05) is 0 Å². The fourth-order valence-corrected chi connectivity index (χ4v) is 0.931. The van der Waals surface area contributed by atoms with E-state index in [4.69, 9.17) is 0 Å². The highest BCUT2D eigenvalue weighted by Crippen LogP contribution is 2.09. The van der Waals surface area contributed by atoms with Gasteiger partial charge in [-0.25, -0.2) is 0 Å². The van der Waals surface area contributed by atoms with E-state index in [0.717, 1.165) is 6.42 Å². The first kappa shape index (κ1) is 15.7. The second-order valence-corrected chi connectivity index (χ2v) is 3.24. The maximum absolute atomic E-state index is 3.73. The molecule has 0 aromatic rings. The van der Waals surface area contributed by atoms with Gasteiger partial charge in [0.2, 0.25) is 0 Å². The summed E-state index contributed by atoms with van der Waals surface area (Å²) in [5.41, 5.74) is 2.56. The second kappa shape index (κ2) is 12.2. The Labute approximate surface area is 90.4 Å². The van der Waals surface area contributed by atoms with E-state index in [1.165, 1.54) is 24.0 Å². The van der Waals surface area contributed by atoms with Crippen LogP contribution < -0.4 is 0 Å². The Bertz CT molecular complexity index is 180. The smallest absolute Gasteiger partial charge is 0.0279 e. The zero-order valence-corrected chi connectivity index (χ0v) is 10.6. The van der Waals surface area contributed by atoms with Gasteiger partial charge < -0.3 is 0 Å². The third kappa shape index (κ3) is 9.31. The van der Waals surface area contributed by atoms with E-state index in [2.05, 4.69) is 46.4 Å². The highest BCUT2D eigenvalue weighted by molar-refractivity contribution is 5.36. The van der Waals surface area contributed by atoms with Crippen LogP contribution in [0.2, 0.25) is 0 Å². The van der Waals surface area contributed by atoms with Crippen molar-refractivity contribution in [3.8, 4) is 0 Å². The minimum atomic E-state index is 1.09. The number of rotatable bonds is 4. The van der Waals surface area contributed by atoms with Crippen molar-refractivity contribution >= 4 is 0 Å². The van der Waals surface area contributed by atoms with Crippen LogP contribution in [0.4, 0.5) is 0 Å². The first-order valence-electron chi connectivity index (χ1n) is 5.63. The number of hydrogen-bond acceptors (Lipinski definition) is 0. The summed E-state index contributed by atoms with van der Waals surface area (Å²) >= 11 is 0. The van der Waals surface area contributed by atoms with Crippen LogP contribution in [0.1, 0.15) is 53.9 Å². The molecule has 0 aromatic heterocycles. The Morgan fingerprint density at radius 2 is 1.64 bits per heavy atom. The third-order valence-corrected chi connectivity index (χ3v) is 2.00. The van der Waals surface area contributed by atoms with Crippen LogP contribution in [0.5, 0.6) is 0 Å². The maximum Gasteiger partial charge on any atom is -0.0279 e. The summed E-state index contributed by atoms with van der Waals surface area (Å²) in [6.07, 6.45) is 9.91. The molecule has 0 saturated carbocycles. The third-order valence-electron chi connectivity index (χ3n) is 2.00. The fourth-order valence-electron chi connectivity index (χ4n) is 0.931. The molecule has 0 saturated heterocycles. The van der Waals surface area contributed by atoms with Gasteiger partial charge in [-0.15, -0.1) is 0 Å². The Balaban J connectivity index is 0. The summed E-state index contributed by atoms with van der Waals surface area (Å²) in [7, 11) is 0. The van der Waals surface area contributed by atoms with Crippen molar-refractivity contribution in [1.82, 2.24) is 0 Å². The van der Waals surface area contributed by atoms with Crippen LogP contribution in [0.25, 0.3) is 0 Å². The molecule has 0 aromatic carbocycles. The van der Waals surface area contributed by atoms with Crippen LogP contribution in [-0.2, 0) is 0 Å². The molecular weight excluding hydrogens is 168 g/mol. The molecule has 0 radical (unpaired) electrons. The van der Waals surface area contributed by atoms with Gasteiger partial charge in [0.05, 0.1) is 0 Å². The van der Waals surface area contributed by atoms with Crippen molar-refractivity contribution in [1.29, 1.82) is 0 Å². The highest BCUT2D eigenvalue weighted by Gasteiger charge is 1.89. The fraction of sp³-hybridized carbons (Fsp3) is 0.571. The number of unbranched alkanes of at least 4 members (excludes halogenated alkanes) is 1. The van der Waals surface area contributed by atoms with E-state index < -0.39 is 0 Å². The zero-order valence-electron chi connectivity index (χ0n) is 10.6. The van der Waals surface area contributed by atoms with Gasteiger partial charge in [0.15, 0.2) is 0 Å². The van der Waals surface area contributed by atoms with Crippen LogP contribution in [0.15, 0.2) is 36.0 Å². The molecule has 0 aliphatic heterocycles. The maximum atomic E-state index is 3.73. The summed E-state index contributed by atoms with van der Waals surface area (Å²) in [6.45, 7) is 14.4. The first-order valence-corrected chi connectivity index (χ1v) is 5.63. The lowest BCUT2D eigenvalue weighted by molar-refractivity contribution is 0.886. The lowest BCUT2D eigenvalue weighted by Gasteiger charge is -1.98. The molecule has 0 bridgehead atoms. The van der Waals surface area contributed by atoms with Gasteiger partial charge in [-0.05, 0) is 31.4 Å². The quantitative estimate of drug-likeness (QED) is 0.534. The van der Waals surface area contributed by atoms with Crippen molar-refractivity contribution in [3.63, 3.8) is 0 Å². The average Bonchev–Trinajstić information content (AvgIpc) is 2.20. The van der Waals surface area contributed by atoms with Gasteiger partial charge in [0, 0.05) is 0 Å². The molecule has 0 N–H and O–H groups in total. The Morgan fingerprint density at radius 3 is 1.86 bits per heavy atom. The Hall–Kier alpha value is -0.780. The van der Waals surface area contributed by atoms with E-state index in [0.29, 0.717) is 0 Å². The molecule has 0 spiro atoms. The van der Waals surface area contributed by atoms with Gasteiger partial charge in [-0.2, -0.15) is 0 Å². The van der Waals surface area contributed by atoms with Crippen LogP contribution in [0, 0.1) is 0 Å². The van der Waals surface area contributed by atoms with Gasteiger partial charge in [-0.1, -0.05) is 58.4 Å². The summed E-state index contributed by atoms with van der Waals surface area (Å²) in [6, 6.07) is 0. The first-order chi connectivity index (χ1) is 6.67. The molecule has 0 heteroatoms. The molecule has 0 aliphatic carbocycles. The zero-order chi connectivity index (χ0) is 11.4. The molecule has 0 rings (SSSR count). The van der Waals surface area contributed by atoms with E-state index in [1.54, 1.807) is 0 Å². The lowest BCUT2D eigenvalue weighted by Crippen LogP contribution is -1.78. The van der Waals surface area contributed by atoms with Gasteiger partial charge >= 0.3 is 0 Å². The van der Waals surface area contributed by atoms with E-state index in [-0.39, 0.29) is 0 Å². The molecule has 0 atom stereocenters. The molecule has 0 heterocycles. The molecule has 0 fully saturated rings. The molecular formula is C14H26. The average molecular weight is 194 g/mol. The Morgan fingerprint density at radius 1 is 1.14 bits per heavy atom. The molecule has 82 valence electrons. The largest absolute Gasteiger partial charge is 0.0985 e. The van der Waals surface area contributed by atoms with Gasteiger partial charge in [-0.3, -0.25) is 0 Å². The molecule has 0 nitrogen and oxygen atoms in total. The summed E-state index contributed by atoms with van der Waals surface area (Å²) < 4.78 is 0. The van der Waals surface area contributed by atoms with Gasteiger partial charge in [0.1, 0.15) is 0 Å². The van der Waals surface area contributed by atoms with Crippen LogP contribution in [0.3, 0.4) is 0 Å². The second-order valence-electron chi connectivity index (χ2n) is 3.24.